The predicted octanol–water partition coefficient (Wildman–Crippen LogP) is 6.75. The number of benzene rings is 4. The van der Waals surface area contributed by atoms with Crippen LogP contribution in [0.2, 0.25) is 5.02 Å². The number of hydrogen-bond donors (Lipinski definition) is 0. The molecule has 1 aromatic heterocycles. The van der Waals surface area contributed by atoms with E-state index in [0.717, 1.165) is 0 Å². The molecule has 0 spiro atoms. The van der Waals surface area contributed by atoms with Gasteiger partial charge in [-0.3, -0.25) is 4.90 Å². The number of oxazole rings is 1. The highest BCUT2D eigenvalue weighted by molar-refractivity contribution is 7.91. The fourth-order valence-electron chi connectivity index (χ4n) is 5.32. The lowest BCUT2D eigenvalue weighted by Crippen LogP contribution is -2.48. The van der Waals surface area contributed by atoms with Gasteiger partial charge in [-0.2, -0.15) is 4.98 Å². The first kappa shape index (κ1) is 28.0. The molecule has 2 heterocycles. The number of piperazine rings is 1. The van der Waals surface area contributed by atoms with Gasteiger partial charge in [-0.25, -0.2) is 8.42 Å². The van der Waals surface area contributed by atoms with Crippen LogP contribution < -0.4 is 9.64 Å². The Morgan fingerprint density at radius 1 is 0.786 bits per heavy atom. The first-order chi connectivity index (χ1) is 20.4. The summed E-state index contributed by atoms with van der Waals surface area (Å²) >= 11 is 6.05. The van der Waals surface area contributed by atoms with E-state index < -0.39 is 9.84 Å². The van der Waals surface area contributed by atoms with Crippen LogP contribution in [0.25, 0.3) is 11.5 Å². The Labute approximate surface area is 250 Å². The van der Waals surface area contributed by atoms with Crippen LogP contribution in [0.4, 0.5) is 5.88 Å². The maximum atomic E-state index is 13.9. The number of aromatic nitrogens is 1. The standard InChI is InChI=1S/C33H30ClN3O4S/c1-40-28-16-12-26(13-17-28)31-35-32(42(38,39)29-18-14-27(34)15-19-29)33(41-31)37-22-20-36(21-23-37)30(24-8-4-2-5-9-24)25-10-6-3-7-11-25/h2-19,30H,20-23H2,1H3. The summed E-state index contributed by atoms with van der Waals surface area (Å²) in [6, 6.07) is 34.3. The van der Waals surface area contributed by atoms with Gasteiger partial charge in [-0.15, -0.1) is 0 Å². The van der Waals surface area contributed by atoms with E-state index in [4.69, 9.17) is 20.8 Å². The summed E-state index contributed by atoms with van der Waals surface area (Å²) in [6.07, 6.45) is 0. The third-order valence-corrected chi connectivity index (χ3v) is 9.41. The van der Waals surface area contributed by atoms with Gasteiger partial charge in [0, 0.05) is 36.8 Å². The van der Waals surface area contributed by atoms with Crippen LogP contribution in [0.3, 0.4) is 0 Å². The molecule has 1 aliphatic rings. The third kappa shape index (κ3) is 5.66. The Morgan fingerprint density at radius 3 is 1.90 bits per heavy atom. The van der Waals surface area contributed by atoms with E-state index in [-0.39, 0.29) is 27.7 Å². The number of ether oxygens (including phenoxy) is 1. The summed E-state index contributed by atoms with van der Waals surface area (Å²) in [4.78, 5) is 9.06. The van der Waals surface area contributed by atoms with Gasteiger partial charge in [0.15, 0.2) is 0 Å². The SMILES string of the molecule is COc1ccc(-c2nc(S(=O)(=O)c3ccc(Cl)cc3)c(N3CCN(C(c4ccccc4)c4ccccc4)CC3)o2)cc1. The van der Waals surface area contributed by atoms with Gasteiger partial charge < -0.3 is 14.1 Å². The van der Waals surface area contributed by atoms with Crippen molar-refractivity contribution in [2.24, 2.45) is 0 Å². The molecule has 0 N–H and O–H groups in total. The molecular weight excluding hydrogens is 570 g/mol. The Bertz CT molecular complexity index is 1700. The van der Waals surface area contributed by atoms with Crippen molar-refractivity contribution in [1.29, 1.82) is 0 Å². The Morgan fingerprint density at radius 2 is 1.36 bits per heavy atom. The van der Waals surface area contributed by atoms with Crippen LogP contribution in [0, 0.1) is 0 Å². The van der Waals surface area contributed by atoms with Crippen LogP contribution in [-0.4, -0.2) is 51.6 Å². The van der Waals surface area contributed by atoms with E-state index in [1.54, 1.807) is 43.5 Å². The maximum Gasteiger partial charge on any atom is 0.236 e. The highest BCUT2D eigenvalue weighted by atomic mass is 35.5. The molecular formula is C33H30ClN3O4S. The summed E-state index contributed by atoms with van der Waals surface area (Å²) in [7, 11) is -2.40. The van der Waals surface area contributed by atoms with Gasteiger partial charge in [0.05, 0.1) is 18.0 Å². The van der Waals surface area contributed by atoms with Crippen molar-refractivity contribution in [3.63, 3.8) is 0 Å². The molecule has 0 unspecified atom stereocenters. The van der Waals surface area contributed by atoms with Crippen molar-refractivity contribution in [3.8, 4) is 17.2 Å². The quantitative estimate of drug-likeness (QED) is 0.195. The lowest BCUT2D eigenvalue weighted by molar-refractivity contribution is 0.209. The number of sulfone groups is 1. The molecule has 1 aliphatic heterocycles. The monoisotopic (exact) mass is 599 g/mol. The molecule has 0 bridgehead atoms. The molecule has 4 aromatic carbocycles. The average Bonchev–Trinajstić information content (AvgIpc) is 3.50. The highest BCUT2D eigenvalue weighted by Crippen LogP contribution is 2.37. The summed E-state index contributed by atoms with van der Waals surface area (Å²) in [6.45, 7) is 2.54. The van der Waals surface area contributed by atoms with Crippen LogP contribution in [-0.2, 0) is 9.84 Å². The van der Waals surface area contributed by atoms with Gasteiger partial charge in [0.25, 0.3) is 0 Å². The lowest BCUT2D eigenvalue weighted by atomic mass is 9.96. The molecule has 0 saturated carbocycles. The molecule has 0 radical (unpaired) electrons. The van der Waals surface area contributed by atoms with Crippen LogP contribution in [0.1, 0.15) is 17.2 Å². The average molecular weight is 600 g/mol. The second kappa shape index (κ2) is 12.0. The zero-order valence-corrected chi connectivity index (χ0v) is 24.6. The number of halogens is 1. The maximum absolute atomic E-state index is 13.9. The number of nitrogens with zero attached hydrogens (tertiary/aromatic N) is 3. The molecule has 6 rings (SSSR count). The molecule has 42 heavy (non-hydrogen) atoms. The largest absolute Gasteiger partial charge is 0.497 e. The van der Waals surface area contributed by atoms with Crippen LogP contribution >= 0.6 is 11.6 Å². The van der Waals surface area contributed by atoms with Gasteiger partial charge in [0.1, 0.15) is 5.75 Å². The first-order valence-corrected chi connectivity index (χ1v) is 15.5. The molecule has 0 atom stereocenters. The molecule has 1 saturated heterocycles. The summed E-state index contributed by atoms with van der Waals surface area (Å²) in [5.41, 5.74) is 3.08. The van der Waals surface area contributed by atoms with E-state index in [1.807, 2.05) is 17.0 Å². The molecule has 0 aliphatic carbocycles. The van der Waals surface area contributed by atoms with E-state index >= 15 is 0 Å². The van der Waals surface area contributed by atoms with Gasteiger partial charge >= 0.3 is 0 Å². The molecule has 214 valence electrons. The van der Waals surface area contributed by atoms with Crippen molar-refractivity contribution in [2.45, 2.75) is 16.0 Å². The van der Waals surface area contributed by atoms with Crippen molar-refractivity contribution in [3.05, 3.63) is 125 Å². The molecule has 0 amide bonds. The van der Waals surface area contributed by atoms with Crippen LogP contribution in [0.5, 0.6) is 5.75 Å². The summed E-state index contributed by atoms with van der Waals surface area (Å²) in [5.74, 6) is 1.16. The van der Waals surface area contributed by atoms with E-state index in [9.17, 15) is 8.42 Å². The highest BCUT2D eigenvalue weighted by Gasteiger charge is 2.34. The Hall–Kier alpha value is -4.11. The van der Waals surface area contributed by atoms with Gasteiger partial charge in [-0.1, -0.05) is 72.3 Å². The minimum atomic E-state index is -4.00. The number of hydrogen-bond acceptors (Lipinski definition) is 7. The predicted molar refractivity (Wildman–Crippen MR) is 164 cm³/mol. The van der Waals surface area contributed by atoms with E-state index in [0.29, 0.717) is 42.5 Å². The molecule has 9 heteroatoms. The second-order valence-corrected chi connectivity index (χ2v) is 12.4. The smallest absolute Gasteiger partial charge is 0.236 e. The fraction of sp³-hybridized carbons (Fsp3) is 0.182. The lowest BCUT2D eigenvalue weighted by Gasteiger charge is -2.39. The van der Waals surface area contributed by atoms with Crippen molar-refractivity contribution in [1.82, 2.24) is 9.88 Å². The van der Waals surface area contributed by atoms with E-state index in [1.165, 1.54) is 23.3 Å². The molecule has 5 aromatic rings. The van der Waals surface area contributed by atoms with Crippen molar-refractivity contribution in [2.75, 3.05) is 38.2 Å². The zero-order valence-electron chi connectivity index (χ0n) is 23.1. The Balaban J connectivity index is 1.34. The number of rotatable bonds is 8. The zero-order chi connectivity index (χ0) is 29.1. The van der Waals surface area contributed by atoms with Gasteiger partial charge in [0.2, 0.25) is 26.6 Å². The topological polar surface area (TPSA) is 75.9 Å². The minimum absolute atomic E-state index is 0.0800. The normalized spacial score (nSPS) is 14.3. The van der Waals surface area contributed by atoms with Crippen molar-refractivity contribution >= 4 is 27.3 Å². The first-order valence-electron chi connectivity index (χ1n) is 13.7. The summed E-state index contributed by atoms with van der Waals surface area (Å²) < 4.78 is 39.3. The Kier molecular flexibility index (Phi) is 8.02. The van der Waals surface area contributed by atoms with E-state index in [2.05, 4.69) is 58.4 Å². The fourth-order valence-corrected chi connectivity index (χ4v) is 6.77. The number of anilines is 1. The second-order valence-electron chi connectivity index (χ2n) is 10.1. The summed E-state index contributed by atoms with van der Waals surface area (Å²) in [5, 5.41) is 0.350. The van der Waals surface area contributed by atoms with Gasteiger partial charge in [-0.05, 0) is 59.7 Å². The number of methoxy groups -OCH3 is 1. The van der Waals surface area contributed by atoms with Crippen LogP contribution in [0.15, 0.2) is 124 Å². The molecule has 7 nitrogen and oxygen atoms in total. The molecule has 1 fully saturated rings. The third-order valence-electron chi connectivity index (χ3n) is 7.49. The minimum Gasteiger partial charge on any atom is -0.497 e. The van der Waals surface area contributed by atoms with Crippen molar-refractivity contribution < 1.29 is 17.6 Å².